The molecule has 0 aliphatic carbocycles. The molecule has 1 heterocycles. The average molecular weight is 235 g/mol. The molecule has 0 unspecified atom stereocenters. The third-order valence-electron chi connectivity index (χ3n) is 3.21. The van der Waals surface area contributed by atoms with Crippen LogP contribution in [-0.2, 0) is 24.4 Å². The highest BCUT2D eigenvalue weighted by Gasteiger charge is 2.18. The first-order chi connectivity index (χ1) is 8.33. The first-order valence-electron chi connectivity index (χ1n) is 6.35. The molecule has 94 valence electrons. The van der Waals surface area contributed by atoms with Gasteiger partial charge in [-0.1, -0.05) is 18.2 Å². The van der Waals surface area contributed by atoms with Crippen molar-refractivity contribution in [1.82, 2.24) is 4.90 Å². The second kappa shape index (κ2) is 6.15. The van der Waals surface area contributed by atoms with Gasteiger partial charge in [0.2, 0.25) is 0 Å². The number of fused-ring (bicyclic) bond motifs is 1. The summed E-state index contributed by atoms with van der Waals surface area (Å²) < 4.78 is 5.35. The first-order valence-corrected chi connectivity index (χ1v) is 6.35. The van der Waals surface area contributed by atoms with E-state index in [-0.39, 0.29) is 6.61 Å². The molecule has 0 saturated heterocycles. The van der Waals surface area contributed by atoms with Gasteiger partial charge >= 0.3 is 0 Å². The van der Waals surface area contributed by atoms with Crippen molar-refractivity contribution >= 4 is 0 Å². The van der Waals surface area contributed by atoms with E-state index in [9.17, 15) is 0 Å². The lowest BCUT2D eigenvalue weighted by Gasteiger charge is -2.14. The Hall–Kier alpha value is -0.900. The van der Waals surface area contributed by atoms with Gasteiger partial charge in [-0.25, -0.2) is 0 Å². The van der Waals surface area contributed by atoms with E-state index in [2.05, 4.69) is 17.0 Å². The van der Waals surface area contributed by atoms with Gasteiger partial charge in [0.25, 0.3) is 0 Å². The highest BCUT2D eigenvalue weighted by Crippen LogP contribution is 2.23. The molecule has 17 heavy (non-hydrogen) atoms. The van der Waals surface area contributed by atoms with Crippen LogP contribution in [0.2, 0.25) is 0 Å². The van der Waals surface area contributed by atoms with Crippen LogP contribution in [0.15, 0.2) is 18.2 Å². The Kier molecular flexibility index (Phi) is 4.54. The first kappa shape index (κ1) is 12.6. The van der Waals surface area contributed by atoms with E-state index in [1.807, 2.05) is 13.0 Å². The Bertz CT molecular complexity index is 365. The molecule has 3 heteroatoms. The molecule has 1 aliphatic rings. The molecule has 1 aromatic rings. The van der Waals surface area contributed by atoms with Gasteiger partial charge in [-0.05, 0) is 30.0 Å². The molecule has 0 aromatic heterocycles. The molecule has 1 N–H and O–H groups in total. The molecule has 1 aromatic carbocycles. The molecule has 3 nitrogen and oxygen atoms in total. The van der Waals surface area contributed by atoms with Crippen LogP contribution in [-0.4, -0.2) is 29.8 Å². The Balaban J connectivity index is 1.84. The number of hydrogen-bond donors (Lipinski definition) is 1. The molecular formula is C14H21NO2. The molecule has 1 aliphatic heterocycles. The predicted molar refractivity (Wildman–Crippen MR) is 67.6 cm³/mol. The zero-order chi connectivity index (χ0) is 12.1. The largest absolute Gasteiger partial charge is 0.392 e. The van der Waals surface area contributed by atoms with Crippen LogP contribution >= 0.6 is 0 Å². The molecule has 2 rings (SSSR count). The Morgan fingerprint density at radius 2 is 2.12 bits per heavy atom. The van der Waals surface area contributed by atoms with E-state index < -0.39 is 0 Å². The number of benzene rings is 1. The lowest BCUT2D eigenvalue weighted by Crippen LogP contribution is -2.19. The summed E-state index contributed by atoms with van der Waals surface area (Å²) in [7, 11) is 0. The summed E-state index contributed by atoms with van der Waals surface area (Å²) in [6.45, 7) is 6.96. The van der Waals surface area contributed by atoms with E-state index in [0.29, 0.717) is 0 Å². The fraction of sp³-hybridized carbons (Fsp3) is 0.571. The zero-order valence-electron chi connectivity index (χ0n) is 10.5. The molecule has 0 fully saturated rings. The van der Waals surface area contributed by atoms with E-state index in [1.165, 1.54) is 11.1 Å². The van der Waals surface area contributed by atoms with Gasteiger partial charge in [-0.3, -0.25) is 4.90 Å². The van der Waals surface area contributed by atoms with E-state index in [0.717, 1.165) is 44.8 Å². The van der Waals surface area contributed by atoms with Crippen molar-refractivity contribution in [3.63, 3.8) is 0 Å². The van der Waals surface area contributed by atoms with Crippen molar-refractivity contribution in [2.24, 2.45) is 0 Å². The number of hydrogen-bond acceptors (Lipinski definition) is 3. The third kappa shape index (κ3) is 3.28. The second-order valence-corrected chi connectivity index (χ2v) is 4.52. The van der Waals surface area contributed by atoms with Crippen LogP contribution in [0, 0.1) is 0 Å². The standard InChI is InChI=1S/C14H21NO2/c1-2-17-7-3-6-15-9-13-5-4-12(11-16)8-14(13)10-15/h4-5,8,16H,2-3,6-7,9-11H2,1H3. The van der Waals surface area contributed by atoms with Crippen LogP contribution in [0.4, 0.5) is 0 Å². The smallest absolute Gasteiger partial charge is 0.0681 e. The van der Waals surface area contributed by atoms with Gasteiger partial charge in [0.15, 0.2) is 0 Å². The van der Waals surface area contributed by atoms with Crippen LogP contribution < -0.4 is 0 Å². The Labute approximate surface area is 103 Å². The molecule has 0 bridgehead atoms. The van der Waals surface area contributed by atoms with Gasteiger partial charge < -0.3 is 9.84 Å². The number of ether oxygens (including phenoxy) is 1. The van der Waals surface area contributed by atoms with E-state index in [4.69, 9.17) is 9.84 Å². The fourth-order valence-electron chi connectivity index (χ4n) is 2.31. The van der Waals surface area contributed by atoms with Crippen LogP contribution in [0.5, 0.6) is 0 Å². The molecule has 0 spiro atoms. The summed E-state index contributed by atoms with van der Waals surface area (Å²) in [6, 6.07) is 6.28. The van der Waals surface area contributed by atoms with Gasteiger partial charge in [0.1, 0.15) is 0 Å². The number of nitrogens with zero attached hydrogens (tertiary/aromatic N) is 1. The maximum Gasteiger partial charge on any atom is 0.0681 e. The van der Waals surface area contributed by atoms with Crippen molar-refractivity contribution in [3.05, 3.63) is 34.9 Å². The second-order valence-electron chi connectivity index (χ2n) is 4.52. The van der Waals surface area contributed by atoms with Crippen LogP contribution in [0.1, 0.15) is 30.0 Å². The zero-order valence-corrected chi connectivity index (χ0v) is 10.5. The quantitative estimate of drug-likeness (QED) is 0.765. The van der Waals surface area contributed by atoms with Gasteiger partial charge in [0, 0.05) is 32.8 Å². The maximum atomic E-state index is 9.11. The lowest BCUT2D eigenvalue weighted by molar-refractivity contribution is 0.131. The van der Waals surface area contributed by atoms with Crippen LogP contribution in [0.3, 0.4) is 0 Å². The molecular weight excluding hydrogens is 214 g/mol. The van der Waals surface area contributed by atoms with E-state index in [1.54, 1.807) is 0 Å². The summed E-state index contributed by atoms with van der Waals surface area (Å²) in [6.07, 6.45) is 1.09. The highest BCUT2D eigenvalue weighted by atomic mass is 16.5. The topological polar surface area (TPSA) is 32.7 Å². The predicted octanol–water partition coefficient (Wildman–Crippen LogP) is 1.92. The molecule has 0 radical (unpaired) electrons. The minimum atomic E-state index is 0.137. The summed E-state index contributed by atoms with van der Waals surface area (Å²) in [5, 5.41) is 9.11. The molecule has 0 atom stereocenters. The lowest BCUT2D eigenvalue weighted by atomic mass is 10.1. The number of rotatable bonds is 6. The Morgan fingerprint density at radius 3 is 2.88 bits per heavy atom. The summed E-state index contributed by atoms with van der Waals surface area (Å²) in [4.78, 5) is 2.44. The van der Waals surface area contributed by atoms with Crippen LogP contribution in [0.25, 0.3) is 0 Å². The van der Waals surface area contributed by atoms with Crippen molar-refractivity contribution in [1.29, 1.82) is 0 Å². The summed E-state index contributed by atoms with van der Waals surface area (Å²) >= 11 is 0. The van der Waals surface area contributed by atoms with Crippen molar-refractivity contribution in [3.8, 4) is 0 Å². The SMILES string of the molecule is CCOCCCN1Cc2ccc(CO)cc2C1. The van der Waals surface area contributed by atoms with E-state index >= 15 is 0 Å². The number of aliphatic hydroxyl groups excluding tert-OH is 1. The normalized spacial score (nSPS) is 15.2. The summed E-state index contributed by atoms with van der Waals surface area (Å²) in [5.41, 5.74) is 3.78. The van der Waals surface area contributed by atoms with Gasteiger partial charge in [-0.2, -0.15) is 0 Å². The van der Waals surface area contributed by atoms with Crippen molar-refractivity contribution in [2.45, 2.75) is 33.0 Å². The maximum absolute atomic E-state index is 9.11. The monoisotopic (exact) mass is 235 g/mol. The third-order valence-corrected chi connectivity index (χ3v) is 3.21. The van der Waals surface area contributed by atoms with Gasteiger partial charge in [0.05, 0.1) is 6.61 Å². The minimum Gasteiger partial charge on any atom is -0.392 e. The Morgan fingerprint density at radius 1 is 1.29 bits per heavy atom. The minimum absolute atomic E-state index is 0.137. The molecule has 0 amide bonds. The van der Waals surface area contributed by atoms with Crippen molar-refractivity contribution < 1.29 is 9.84 Å². The fourth-order valence-corrected chi connectivity index (χ4v) is 2.31. The van der Waals surface area contributed by atoms with Gasteiger partial charge in [-0.15, -0.1) is 0 Å². The van der Waals surface area contributed by atoms with Crippen molar-refractivity contribution in [2.75, 3.05) is 19.8 Å². The number of aliphatic hydroxyl groups is 1. The summed E-state index contributed by atoms with van der Waals surface area (Å²) in [5.74, 6) is 0. The molecule has 0 saturated carbocycles. The highest BCUT2D eigenvalue weighted by molar-refractivity contribution is 5.34. The average Bonchev–Trinajstić information content (AvgIpc) is 2.76.